The number of anilines is 1. The molecule has 12 heteroatoms. The third-order valence-electron chi connectivity index (χ3n) is 4.62. The molecule has 1 N–H and O–H groups in total. The van der Waals surface area contributed by atoms with Crippen molar-refractivity contribution in [2.45, 2.75) is 24.5 Å². The molecule has 0 atom stereocenters. The molecule has 35 heavy (non-hydrogen) atoms. The van der Waals surface area contributed by atoms with Gasteiger partial charge in [0.2, 0.25) is 0 Å². The maximum atomic E-state index is 13.0. The smallest absolute Gasteiger partial charge is 0.280 e. The number of carbonyl (C=O) groups is 1. The Morgan fingerprint density at radius 1 is 1.06 bits per heavy atom. The third-order valence-corrected chi connectivity index (χ3v) is 7.32. The van der Waals surface area contributed by atoms with E-state index < -0.39 is 15.7 Å². The average Bonchev–Trinajstić information content (AvgIpc) is 3.29. The SMILES string of the molecule is COCCCS(=O)(=O)c1ccc(/C(=N\OCc2ccccn2)C(=O)Nc2ncc(COC)s2)cc1. The molecule has 0 aliphatic carbocycles. The van der Waals surface area contributed by atoms with Crippen LogP contribution in [0.4, 0.5) is 5.13 Å². The highest BCUT2D eigenvalue weighted by molar-refractivity contribution is 7.91. The minimum absolute atomic E-state index is 0.0345. The van der Waals surface area contributed by atoms with Crippen LogP contribution >= 0.6 is 11.3 Å². The van der Waals surface area contributed by atoms with Crippen molar-refractivity contribution in [1.82, 2.24) is 9.97 Å². The average molecular weight is 519 g/mol. The lowest BCUT2D eigenvalue weighted by molar-refractivity contribution is -0.110. The van der Waals surface area contributed by atoms with Gasteiger partial charge in [0.15, 0.2) is 27.3 Å². The molecule has 10 nitrogen and oxygen atoms in total. The Kier molecular flexibility index (Phi) is 9.85. The topological polar surface area (TPSA) is 129 Å². The van der Waals surface area contributed by atoms with Gasteiger partial charge >= 0.3 is 0 Å². The predicted octanol–water partition coefficient (Wildman–Crippen LogP) is 3.05. The van der Waals surface area contributed by atoms with Crippen LogP contribution in [0, 0.1) is 0 Å². The van der Waals surface area contributed by atoms with Crippen LogP contribution < -0.4 is 5.32 Å². The quantitative estimate of drug-likeness (QED) is 0.208. The lowest BCUT2D eigenvalue weighted by Crippen LogP contribution is -2.24. The normalized spacial score (nSPS) is 11.9. The first-order valence-electron chi connectivity index (χ1n) is 10.6. The summed E-state index contributed by atoms with van der Waals surface area (Å²) < 4.78 is 35.1. The van der Waals surface area contributed by atoms with Gasteiger partial charge in [-0.25, -0.2) is 13.4 Å². The summed E-state index contributed by atoms with van der Waals surface area (Å²) in [5, 5.41) is 7.11. The number of ether oxygens (including phenoxy) is 2. The molecule has 3 rings (SSSR count). The Hall–Kier alpha value is -3.19. The van der Waals surface area contributed by atoms with E-state index in [9.17, 15) is 13.2 Å². The molecule has 0 fully saturated rings. The molecule has 0 saturated heterocycles. The Bertz CT molecular complexity index is 1230. The summed E-state index contributed by atoms with van der Waals surface area (Å²) in [4.78, 5) is 27.8. The Morgan fingerprint density at radius 3 is 2.54 bits per heavy atom. The largest absolute Gasteiger partial charge is 0.389 e. The van der Waals surface area contributed by atoms with Gasteiger partial charge in [0, 0.05) is 38.8 Å². The number of benzene rings is 1. The molecule has 0 radical (unpaired) electrons. The highest BCUT2D eigenvalue weighted by atomic mass is 32.2. The monoisotopic (exact) mass is 518 g/mol. The van der Waals surface area contributed by atoms with Crippen LogP contribution in [-0.2, 0) is 42.2 Å². The zero-order valence-corrected chi connectivity index (χ0v) is 21.0. The highest BCUT2D eigenvalue weighted by Gasteiger charge is 2.20. The van der Waals surface area contributed by atoms with Crippen molar-refractivity contribution in [3.8, 4) is 0 Å². The molecule has 0 unspecified atom stereocenters. The molecule has 1 amide bonds. The fourth-order valence-electron chi connectivity index (χ4n) is 2.93. The van der Waals surface area contributed by atoms with Gasteiger partial charge in [-0.2, -0.15) is 0 Å². The second-order valence-corrected chi connectivity index (χ2v) is 10.5. The van der Waals surface area contributed by atoms with E-state index >= 15 is 0 Å². The van der Waals surface area contributed by atoms with E-state index in [4.69, 9.17) is 14.3 Å². The molecule has 1 aromatic carbocycles. The molecule has 2 aromatic heterocycles. The van der Waals surface area contributed by atoms with Crippen molar-refractivity contribution in [2.75, 3.05) is 31.9 Å². The van der Waals surface area contributed by atoms with E-state index in [0.717, 1.165) is 4.88 Å². The summed E-state index contributed by atoms with van der Waals surface area (Å²) >= 11 is 1.27. The number of oxime groups is 1. The number of pyridine rings is 1. The highest BCUT2D eigenvalue weighted by Crippen LogP contribution is 2.20. The number of amides is 1. The predicted molar refractivity (Wildman–Crippen MR) is 132 cm³/mol. The number of methoxy groups -OCH3 is 2. The second kappa shape index (κ2) is 13.0. The van der Waals surface area contributed by atoms with Crippen molar-refractivity contribution < 1.29 is 27.5 Å². The molecule has 0 aliphatic rings. The van der Waals surface area contributed by atoms with Gasteiger partial charge in [0.05, 0.1) is 27.8 Å². The van der Waals surface area contributed by atoms with Crippen LogP contribution in [0.1, 0.15) is 22.6 Å². The van der Waals surface area contributed by atoms with E-state index in [-0.39, 0.29) is 23.0 Å². The van der Waals surface area contributed by atoms with E-state index in [1.165, 1.54) is 42.7 Å². The second-order valence-electron chi connectivity index (χ2n) is 7.24. The molecular weight excluding hydrogens is 492 g/mol. The third kappa shape index (κ3) is 7.92. The fraction of sp³-hybridized carbons (Fsp3) is 0.304. The lowest BCUT2D eigenvalue weighted by Gasteiger charge is -2.09. The number of hydrogen-bond acceptors (Lipinski definition) is 10. The van der Waals surface area contributed by atoms with Crippen molar-refractivity contribution in [2.24, 2.45) is 5.16 Å². The van der Waals surface area contributed by atoms with Gasteiger partial charge < -0.3 is 14.3 Å². The standard InChI is InChI=1S/C23H26N4O6S2/c1-31-12-5-13-35(29,30)20-9-7-17(8-10-20)21(27-33-15-18-6-3-4-11-24-18)22(28)26-23-25-14-19(34-23)16-32-2/h3-4,6-11,14H,5,12-13,15-16H2,1-2H3,(H,25,26,28)/b27-21+. The van der Waals surface area contributed by atoms with Gasteiger partial charge in [0.25, 0.3) is 5.91 Å². The number of carbonyl (C=O) groups excluding carboxylic acids is 1. The van der Waals surface area contributed by atoms with E-state index in [1.807, 2.05) is 6.07 Å². The number of aromatic nitrogens is 2. The Labute approximate surface area is 207 Å². The summed E-state index contributed by atoms with van der Waals surface area (Å²) in [6, 6.07) is 11.3. The first-order valence-corrected chi connectivity index (χ1v) is 13.1. The fourth-order valence-corrected chi connectivity index (χ4v) is 5.00. The number of nitrogens with one attached hydrogen (secondary N) is 1. The number of hydrogen-bond donors (Lipinski definition) is 1. The summed E-state index contributed by atoms with van der Waals surface area (Å²) in [6.45, 7) is 0.783. The molecule has 186 valence electrons. The van der Waals surface area contributed by atoms with Crippen LogP contribution in [-0.4, -0.2) is 56.6 Å². The van der Waals surface area contributed by atoms with E-state index in [1.54, 1.807) is 31.6 Å². The minimum Gasteiger partial charge on any atom is -0.389 e. The molecule has 0 aliphatic heterocycles. The summed E-state index contributed by atoms with van der Waals surface area (Å²) in [7, 11) is -0.386. The Balaban J connectivity index is 1.81. The van der Waals surface area contributed by atoms with Crippen molar-refractivity contribution in [3.63, 3.8) is 0 Å². The zero-order chi connectivity index (χ0) is 25.1. The van der Waals surface area contributed by atoms with Gasteiger partial charge in [-0.3, -0.25) is 15.1 Å². The summed E-state index contributed by atoms with van der Waals surface area (Å²) in [6.07, 6.45) is 3.62. The van der Waals surface area contributed by atoms with Gasteiger partial charge in [-0.1, -0.05) is 34.7 Å². The van der Waals surface area contributed by atoms with Crippen molar-refractivity contribution >= 4 is 37.9 Å². The molecular formula is C23H26N4O6S2. The van der Waals surface area contributed by atoms with Crippen molar-refractivity contribution in [3.05, 3.63) is 71.0 Å². The molecule has 0 spiro atoms. The minimum atomic E-state index is -3.48. The molecule has 0 bridgehead atoms. The van der Waals surface area contributed by atoms with Crippen LogP contribution in [0.5, 0.6) is 0 Å². The lowest BCUT2D eigenvalue weighted by atomic mass is 10.1. The Morgan fingerprint density at radius 2 is 1.86 bits per heavy atom. The molecule has 0 saturated carbocycles. The number of nitrogens with zero attached hydrogens (tertiary/aromatic N) is 3. The van der Waals surface area contributed by atoms with E-state index in [2.05, 4.69) is 20.4 Å². The summed E-state index contributed by atoms with van der Waals surface area (Å²) in [5.74, 6) is -0.595. The molecule has 3 aromatic rings. The van der Waals surface area contributed by atoms with E-state index in [0.29, 0.717) is 36.0 Å². The van der Waals surface area contributed by atoms with Gasteiger partial charge in [-0.15, -0.1) is 0 Å². The van der Waals surface area contributed by atoms with Crippen LogP contribution in [0.25, 0.3) is 0 Å². The first kappa shape index (κ1) is 26.4. The van der Waals surface area contributed by atoms with Crippen LogP contribution in [0.3, 0.4) is 0 Å². The maximum Gasteiger partial charge on any atom is 0.280 e. The maximum absolute atomic E-state index is 13.0. The molecule has 2 heterocycles. The van der Waals surface area contributed by atoms with Crippen LogP contribution in [0.2, 0.25) is 0 Å². The zero-order valence-electron chi connectivity index (χ0n) is 19.3. The number of rotatable bonds is 13. The first-order chi connectivity index (χ1) is 16.9. The number of sulfone groups is 1. The van der Waals surface area contributed by atoms with Gasteiger partial charge in [0.1, 0.15) is 0 Å². The number of thiazole rings is 1. The van der Waals surface area contributed by atoms with Crippen LogP contribution in [0.15, 0.2) is 64.9 Å². The van der Waals surface area contributed by atoms with Gasteiger partial charge in [-0.05, 0) is 30.7 Å². The summed E-state index contributed by atoms with van der Waals surface area (Å²) in [5.41, 5.74) is 0.985. The van der Waals surface area contributed by atoms with Crippen molar-refractivity contribution in [1.29, 1.82) is 0 Å².